The van der Waals surface area contributed by atoms with Crippen molar-refractivity contribution < 1.29 is 4.52 Å². The summed E-state index contributed by atoms with van der Waals surface area (Å²) in [7, 11) is 0. The zero-order valence-corrected chi connectivity index (χ0v) is 12.1. The van der Waals surface area contributed by atoms with Crippen molar-refractivity contribution in [2.24, 2.45) is 0 Å². The quantitative estimate of drug-likeness (QED) is 0.932. The first kappa shape index (κ1) is 13.3. The third-order valence-corrected chi connectivity index (χ3v) is 4.07. The number of benzene rings is 1. The van der Waals surface area contributed by atoms with Crippen LogP contribution in [0.4, 0.5) is 0 Å². The molecule has 1 N–H and O–H groups in total. The summed E-state index contributed by atoms with van der Waals surface area (Å²) in [6.45, 7) is 5.31. The van der Waals surface area contributed by atoms with Gasteiger partial charge < -0.3 is 9.84 Å². The molecule has 0 radical (unpaired) electrons. The number of aryl methyl sites for hydroxylation is 2. The Morgan fingerprint density at radius 1 is 1.25 bits per heavy atom. The van der Waals surface area contributed by atoms with Gasteiger partial charge in [-0.25, -0.2) is 0 Å². The Morgan fingerprint density at radius 3 is 2.90 bits per heavy atom. The molecule has 2 aromatic rings. The van der Waals surface area contributed by atoms with E-state index >= 15 is 0 Å². The molecule has 1 aliphatic heterocycles. The van der Waals surface area contributed by atoms with Gasteiger partial charge in [-0.1, -0.05) is 23.7 Å². The first-order valence-corrected chi connectivity index (χ1v) is 7.36. The molecule has 4 nitrogen and oxygen atoms in total. The van der Waals surface area contributed by atoms with Gasteiger partial charge in [-0.05, 0) is 50.4 Å². The minimum absolute atomic E-state index is 0.483. The Bertz CT molecular complexity index is 585. The van der Waals surface area contributed by atoms with E-state index in [1.807, 2.05) is 0 Å². The first-order valence-electron chi connectivity index (χ1n) is 7.36. The Hall–Kier alpha value is -1.68. The van der Waals surface area contributed by atoms with Crippen LogP contribution < -0.4 is 5.32 Å². The molecule has 1 atom stereocenters. The van der Waals surface area contributed by atoms with Crippen LogP contribution in [0.1, 0.15) is 36.3 Å². The van der Waals surface area contributed by atoms with Crippen LogP contribution in [0, 0.1) is 13.8 Å². The third kappa shape index (κ3) is 2.90. The van der Waals surface area contributed by atoms with E-state index in [1.54, 1.807) is 0 Å². The van der Waals surface area contributed by atoms with E-state index < -0.39 is 0 Å². The Labute approximate surface area is 119 Å². The summed E-state index contributed by atoms with van der Waals surface area (Å²) in [6.07, 6.45) is 4.59. The van der Waals surface area contributed by atoms with Gasteiger partial charge in [-0.3, -0.25) is 0 Å². The molecule has 1 unspecified atom stereocenters. The molecule has 0 bridgehead atoms. The van der Waals surface area contributed by atoms with Gasteiger partial charge >= 0.3 is 0 Å². The van der Waals surface area contributed by atoms with Crippen molar-refractivity contribution in [3.8, 4) is 11.4 Å². The molecule has 1 aromatic carbocycles. The molecule has 1 saturated heterocycles. The molecule has 1 fully saturated rings. The van der Waals surface area contributed by atoms with Crippen LogP contribution in [0.15, 0.2) is 22.7 Å². The topological polar surface area (TPSA) is 51.0 Å². The predicted molar refractivity (Wildman–Crippen MR) is 78.6 cm³/mol. The van der Waals surface area contributed by atoms with E-state index in [4.69, 9.17) is 4.52 Å². The highest BCUT2D eigenvalue weighted by Gasteiger charge is 2.17. The lowest BCUT2D eigenvalue weighted by molar-refractivity contribution is 0.332. The van der Waals surface area contributed by atoms with E-state index in [0.29, 0.717) is 11.9 Å². The Morgan fingerprint density at radius 2 is 2.15 bits per heavy atom. The summed E-state index contributed by atoms with van der Waals surface area (Å²) >= 11 is 0. The highest BCUT2D eigenvalue weighted by atomic mass is 16.5. The van der Waals surface area contributed by atoms with Gasteiger partial charge in [0.05, 0.1) is 0 Å². The fraction of sp³-hybridized carbons (Fsp3) is 0.500. The maximum Gasteiger partial charge on any atom is 0.228 e. The normalized spacial score (nSPS) is 19.2. The second kappa shape index (κ2) is 5.75. The number of piperidine rings is 1. The monoisotopic (exact) mass is 271 g/mol. The first-order chi connectivity index (χ1) is 9.72. The highest BCUT2D eigenvalue weighted by molar-refractivity contribution is 5.56. The van der Waals surface area contributed by atoms with Gasteiger partial charge in [-0.2, -0.15) is 4.98 Å². The lowest BCUT2D eigenvalue weighted by Gasteiger charge is -2.21. The van der Waals surface area contributed by atoms with Crippen LogP contribution >= 0.6 is 0 Å². The second-order valence-corrected chi connectivity index (χ2v) is 5.66. The standard InChI is InChI=1S/C16H21N3O/c1-11-6-7-13(9-12(11)2)16-18-15(20-19-16)10-14-5-3-4-8-17-14/h6-7,9,14,17H,3-5,8,10H2,1-2H3. The van der Waals surface area contributed by atoms with Crippen molar-refractivity contribution in [3.05, 3.63) is 35.2 Å². The van der Waals surface area contributed by atoms with Gasteiger partial charge in [0.15, 0.2) is 0 Å². The minimum Gasteiger partial charge on any atom is -0.339 e. The fourth-order valence-electron chi connectivity index (χ4n) is 2.64. The molecule has 0 aliphatic carbocycles. The lowest BCUT2D eigenvalue weighted by Crippen LogP contribution is -2.35. The number of rotatable bonds is 3. The lowest BCUT2D eigenvalue weighted by atomic mass is 10.0. The third-order valence-electron chi connectivity index (χ3n) is 4.07. The maximum absolute atomic E-state index is 5.39. The fourth-order valence-corrected chi connectivity index (χ4v) is 2.64. The maximum atomic E-state index is 5.39. The molecule has 1 aliphatic rings. The summed E-state index contributed by atoms with van der Waals surface area (Å²) in [5.41, 5.74) is 3.56. The largest absolute Gasteiger partial charge is 0.339 e. The molecular weight excluding hydrogens is 250 g/mol. The van der Waals surface area contributed by atoms with Gasteiger partial charge in [0, 0.05) is 18.0 Å². The zero-order valence-electron chi connectivity index (χ0n) is 12.1. The summed E-state index contributed by atoms with van der Waals surface area (Å²) in [5, 5.41) is 7.61. The van der Waals surface area contributed by atoms with Crippen LogP contribution in [-0.2, 0) is 6.42 Å². The number of hydrogen-bond acceptors (Lipinski definition) is 4. The summed E-state index contributed by atoms with van der Waals surface area (Å²) in [4.78, 5) is 4.53. The van der Waals surface area contributed by atoms with Gasteiger partial charge in [-0.15, -0.1) is 0 Å². The van der Waals surface area contributed by atoms with Crippen LogP contribution in [-0.4, -0.2) is 22.7 Å². The second-order valence-electron chi connectivity index (χ2n) is 5.66. The van der Waals surface area contributed by atoms with Crippen LogP contribution in [0.2, 0.25) is 0 Å². The van der Waals surface area contributed by atoms with E-state index in [-0.39, 0.29) is 0 Å². The molecule has 0 amide bonds. The van der Waals surface area contributed by atoms with Crippen molar-refractivity contribution in [1.82, 2.24) is 15.5 Å². The molecule has 2 heterocycles. The van der Waals surface area contributed by atoms with E-state index in [9.17, 15) is 0 Å². The van der Waals surface area contributed by atoms with Crippen molar-refractivity contribution in [2.75, 3.05) is 6.54 Å². The summed E-state index contributed by atoms with van der Waals surface area (Å²) < 4.78 is 5.39. The van der Waals surface area contributed by atoms with E-state index in [2.05, 4.69) is 47.5 Å². The van der Waals surface area contributed by atoms with E-state index in [0.717, 1.165) is 24.4 Å². The summed E-state index contributed by atoms with van der Waals surface area (Å²) in [6, 6.07) is 6.75. The average molecular weight is 271 g/mol. The number of hydrogen-bond donors (Lipinski definition) is 1. The van der Waals surface area contributed by atoms with E-state index in [1.165, 1.54) is 30.4 Å². The van der Waals surface area contributed by atoms with Gasteiger partial charge in [0.1, 0.15) is 0 Å². The predicted octanol–water partition coefficient (Wildman–Crippen LogP) is 3.04. The summed E-state index contributed by atoms with van der Waals surface area (Å²) in [5.74, 6) is 1.43. The number of nitrogens with one attached hydrogen (secondary N) is 1. The van der Waals surface area contributed by atoms with Gasteiger partial charge in [0.25, 0.3) is 0 Å². The smallest absolute Gasteiger partial charge is 0.228 e. The van der Waals surface area contributed by atoms with Gasteiger partial charge in [0.2, 0.25) is 11.7 Å². The van der Waals surface area contributed by atoms with Crippen LogP contribution in [0.5, 0.6) is 0 Å². The number of nitrogens with zero attached hydrogens (tertiary/aromatic N) is 2. The van der Waals surface area contributed by atoms with Crippen molar-refractivity contribution in [2.45, 2.75) is 45.6 Å². The number of aromatic nitrogens is 2. The SMILES string of the molecule is Cc1ccc(-c2noc(CC3CCCCN3)n2)cc1C. The molecule has 1 aromatic heterocycles. The molecule has 0 saturated carbocycles. The zero-order chi connectivity index (χ0) is 13.9. The van der Waals surface area contributed by atoms with Crippen molar-refractivity contribution >= 4 is 0 Å². The van der Waals surface area contributed by atoms with Crippen molar-refractivity contribution in [1.29, 1.82) is 0 Å². The molecule has 0 spiro atoms. The average Bonchev–Trinajstić information content (AvgIpc) is 2.91. The minimum atomic E-state index is 0.483. The Kier molecular flexibility index (Phi) is 3.83. The van der Waals surface area contributed by atoms with Crippen LogP contribution in [0.3, 0.4) is 0 Å². The molecular formula is C16H21N3O. The van der Waals surface area contributed by atoms with Crippen molar-refractivity contribution in [3.63, 3.8) is 0 Å². The molecule has 3 rings (SSSR count). The molecule has 4 heteroatoms. The Balaban J connectivity index is 1.73. The van der Waals surface area contributed by atoms with Crippen LogP contribution in [0.25, 0.3) is 11.4 Å². The molecule has 106 valence electrons. The molecule has 20 heavy (non-hydrogen) atoms. The highest BCUT2D eigenvalue weighted by Crippen LogP contribution is 2.20.